The normalized spacial score (nSPS) is 15.1. The van der Waals surface area contributed by atoms with E-state index < -0.39 is 0 Å². The van der Waals surface area contributed by atoms with Gasteiger partial charge < -0.3 is 10.8 Å². The summed E-state index contributed by atoms with van der Waals surface area (Å²) in [5, 5.41) is 10.1. The van der Waals surface area contributed by atoms with Crippen molar-refractivity contribution in [3.63, 3.8) is 0 Å². The molecule has 0 radical (unpaired) electrons. The van der Waals surface area contributed by atoms with Gasteiger partial charge in [-0.2, -0.15) is 0 Å². The number of hydrogen-bond donors (Lipinski definition) is 2. The summed E-state index contributed by atoms with van der Waals surface area (Å²) in [5.41, 5.74) is 6.16. The maximum absolute atomic E-state index is 9.38. The summed E-state index contributed by atoms with van der Waals surface area (Å²) >= 11 is 6.07. The van der Waals surface area contributed by atoms with Crippen molar-refractivity contribution in [2.75, 3.05) is 13.2 Å². The predicted octanol–water partition coefficient (Wildman–Crippen LogP) is 1.94. The first-order valence-corrected chi connectivity index (χ1v) is 5.08. The number of aliphatic hydroxyl groups excluding tert-OH is 1. The summed E-state index contributed by atoms with van der Waals surface area (Å²) in [4.78, 5) is 0. The first-order valence-electron chi connectivity index (χ1n) is 4.70. The van der Waals surface area contributed by atoms with Crippen LogP contribution in [0.15, 0.2) is 24.3 Å². The first-order chi connectivity index (χ1) is 6.64. The summed E-state index contributed by atoms with van der Waals surface area (Å²) in [7, 11) is 0. The molecule has 1 aromatic carbocycles. The minimum absolute atomic E-state index is 0.0634. The summed E-state index contributed by atoms with van der Waals surface area (Å²) in [6.07, 6.45) is 0.729. The molecule has 0 aliphatic carbocycles. The van der Waals surface area contributed by atoms with Crippen molar-refractivity contribution in [2.45, 2.75) is 18.8 Å². The van der Waals surface area contributed by atoms with Crippen LogP contribution in [0.3, 0.4) is 0 Å². The molecule has 1 unspecified atom stereocenters. The zero-order valence-electron chi connectivity index (χ0n) is 8.33. The Labute approximate surface area is 89.7 Å². The Kier molecular flexibility index (Phi) is 3.93. The van der Waals surface area contributed by atoms with E-state index in [1.165, 1.54) is 0 Å². The van der Waals surface area contributed by atoms with Crippen LogP contribution in [0.4, 0.5) is 0 Å². The van der Waals surface area contributed by atoms with Gasteiger partial charge in [0.05, 0.1) is 6.61 Å². The quantitative estimate of drug-likeness (QED) is 0.803. The molecule has 0 aliphatic heterocycles. The van der Waals surface area contributed by atoms with E-state index >= 15 is 0 Å². The monoisotopic (exact) mass is 213 g/mol. The Balaban J connectivity index is 3.05. The maximum atomic E-state index is 9.38. The molecule has 3 N–H and O–H groups in total. The highest BCUT2D eigenvalue weighted by atomic mass is 35.5. The molecule has 78 valence electrons. The van der Waals surface area contributed by atoms with E-state index in [2.05, 4.69) is 0 Å². The van der Waals surface area contributed by atoms with Gasteiger partial charge in [-0.05, 0) is 24.6 Å². The maximum Gasteiger partial charge on any atom is 0.0526 e. The van der Waals surface area contributed by atoms with Crippen molar-refractivity contribution < 1.29 is 5.11 Å². The summed E-state index contributed by atoms with van der Waals surface area (Å²) in [6, 6.07) is 7.58. The molecule has 0 fully saturated rings. The number of halogens is 1. The van der Waals surface area contributed by atoms with E-state index in [4.69, 9.17) is 17.3 Å². The highest BCUT2D eigenvalue weighted by Crippen LogP contribution is 2.31. The molecule has 3 heteroatoms. The molecule has 1 aromatic rings. The van der Waals surface area contributed by atoms with Gasteiger partial charge in [-0.25, -0.2) is 0 Å². The smallest absolute Gasteiger partial charge is 0.0526 e. The van der Waals surface area contributed by atoms with Crippen molar-refractivity contribution in [3.05, 3.63) is 34.9 Å². The highest BCUT2D eigenvalue weighted by Gasteiger charge is 2.26. The van der Waals surface area contributed by atoms with E-state index in [9.17, 15) is 5.11 Å². The summed E-state index contributed by atoms with van der Waals surface area (Å²) in [5.74, 6) is 0. The van der Waals surface area contributed by atoms with Gasteiger partial charge in [-0.3, -0.25) is 0 Å². The molecule has 0 aliphatic rings. The topological polar surface area (TPSA) is 46.2 Å². The second-order valence-electron chi connectivity index (χ2n) is 3.74. The first kappa shape index (κ1) is 11.5. The van der Waals surface area contributed by atoms with Crippen molar-refractivity contribution >= 4 is 11.6 Å². The Bertz CT molecular complexity index is 303. The van der Waals surface area contributed by atoms with Gasteiger partial charge in [-0.1, -0.05) is 36.7 Å². The second-order valence-corrected chi connectivity index (χ2v) is 4.14. The van der Waals surface area contributed by atoms with Crippen LogP contribution in [0.25, 0.3) is 0 Å². The lowest BCUT2D eigenvalue weighted by Crippen LogP contribution is -2.30. The highest BCUT2D eigenvalue weighted by molar-refractivity contribution is 6.31. The Morgan fingerprint density at radius 1 is 1.43 bits per heavy atom. The van der Waals surface area contributed by atoms with Crippen molar-refractivity contribution in [1.82, 2.24) is 0 Å². The van der Waals surface area contributed by atoms with Gasteiger partial charge in [0.15, 0.2) is 0 Å². The van der Waals surface area contributed by atoms with Crippen LogP contribution >= 0.6 is 11.6 Å². The van der Waals surface area contributed by atoms with Crippen LogP contribution < -0.4 is 5.73 Å². The third-order valence-corrected chi connectivity index (χ3v) is 2.90. The van der Waals surface area contributed by atoms with Gasteiger partial charge >= 0.3 is 0 Å². The summed E-state index contributed by atoms with van der Waals surface area (Å²) in [6.45, 7) is 2.58. The van der Waals surface area contributed by atoms with E-state index in [1.807, 2.05) is 31.2 Å². The van der Waals surface area contributed by atoms with Crippen LogP contribution in [-0.4, -0.2) is 18.3 Å². The molecular weight excluding hydrogens is 198 g/mol. The number of aliphatic hydroxyl groups is 1. The number of nitrogens with two attached hydrogens (primary N) is 1. The largest absolute Gasteiger partial charge is 0.395 e. The van der Waals surface area contributed by atoms with Crippen LogP contribution in [0.1, 0.15) is 18.9 Å². The molecule has 0 spiro atoms. The molecule has 0 saturated carbocycles. The van der Waals surface area contributed by atoms with Crippen molar-refractivity contribution in [2.24, 2.45) is 5.73 Å². The van der Waals surface area contributed by atoms with Gasteiger partial charge in [0, 0.05) is 10.4 Å². The summed E-state index contributed by atoms with van der Waals surface area (Å²) < 4.78 is 0. The lowest BCUT2D eigenvalue weighted by Gasteiger charge is -2.28. The lowest BCUT2D eigenvalue weighted by atomic mass is 9.80. The predicted molar refractivity (Wildman–Crippen MR) is 59.6 cm³/mol. The van der Waals surface area contributed by atoms with Crippen molar-refractivity contribution in [1.29, 1.82) is 0 Å². The molecule has 1 rings (SSSR count). The SMILES string of the molecule is CC(CO)(CCN)c1ccccc1Cl. The minimum atomic E-state index is -0.326. The van der Waals surface area contributed by atoms with E-state index in [-0.39, 0.29) is 12.0 Å². The molecule has 1 atom stereocenters. The Hall–Kier alpha value is -0.570. The van der Waals surface area contributed by atoms with E-state index in [0.717, 1.165) is 12.0 Å². The fraction of sp³-hybridized carbons (Fsp3) is 0.455. The molecule has 14 heavy (non-hydrogen) atoms. The zero-order chi connectivity index (χ0) is 10.6. The molecular formula is C11H16ClNO. The van der Waals surface area contributed by atoms with Gasteiger partial charge in [0.25, 0.3) is 0 Å². The van der Waals surface area contributed by atoms with Gasteiger partial charge in [-0.15, -0.1) is 0 Å². The fourth-order valence-corrected chi connectivity index (χ4v) is 1.93. The number of hydrogen-bond acceptors (Lipinski definition) is 2. The molecule has 0 amide bonds. The fourth-order valence-electron chi connectivity index (χ4n) is 1.57. The molecule has 0 heterocycles. The molecule has 0 bridgehead atoms. The molecule has 0 aromatic heterocycles. The third kappa shape index (κ3) is 2.27. The number of rotatable bonds is 4. The zero-order valence-corrected chi connectivity index (χ0v) is 9.09. The van der Waals surface area contributed by atoms with Gasteiger partial charge in [0.1, 0.15) is 0 Å². The van der Waals surface area contributed by atoms with E-state index in [1.54, 1.807) is 0 Å². The van der Waals surface area contributed by atoms with E-state index in [0.29, 0.717) is 11.6 Å². The molecule has 2 nitrogen and oxygen atoms in total. The second kappa shape index (κ2) is 4.78. The minimum Gasteiger partial charge on any atom is -0.395 e. The van der Waals surface area contributed by atoms with Crippen molar-refractivity contribution in [3.8, 4) is 0 Å². The average molecular weight is 214 g/mol. The van der Waals surface area contributed by atoms with Crippen LogP contribution in [-0.2, 0) is 5.41 Å². The Morgan fingerprint density at radius 3 is 2.57 bits per heavy atom. The Morgan fingerprint density at radius 2 is 2.07 bits per heavy atom. The van der Waals surface area contributed by atoms with Crippen LogP contribution in [0.5, 0.6) is 0 Å². The third-order valence-electron chi connectivity index (χ3n) is 2.57. The molecule has 0 saturated heterocycles. The lowest BCUT2D eigenvalue weighted by molar-refractivity contribution is 0.199. The van der Waals surface area contributed by atoms with Gasteiger partial charge in [0.2, 0.25) is 0 Å². The number of benzene rings is 1. The van der Waals surface area contributed by atoms with Crippen LogP contribution in [0, 0.1) is 0 Å². The van der Waals surface area contributed by atoms with Crippen LogP contribution in [0.2, 0.25) is 5.02 Å². The average Bonchev–Trinajstić information content (AvgIpc) is 2.18. The standard InChI is InChI=1S/C11H16ClNO/c1-11(8-14,6-7-13)9-4-2-3-5-10(9)12/h2-5,14H,6-8,13H2,1H3.